The maximum atomic E-state index is 12.8. The third-order valence-corrected chi connectivity index (χ3v) is 5.23. The number of aryl methyl sites for hydroxylation is 3. The lowest BCUT2D eigenvalue weighted by Crippen LogP contribution is -2.44. The smallest absolute Gasteiger partial charge is 0.332 e. The molecule has 0 unspecified atom stereocenters. The zero-order valence-corrected chi connectivity index (χ0v) is 17.5. The van der Waals surface area contributed by atoms with Crippen LogP contribution in [0, 0.1) is 5.92 Å². The molecule has 29 heavy (non-hydrogen) atoms. The van der Waals surface area contributed by atoms with Gasteiger partial charge in [-0.3, -0.25) is 14.2 Å². The molecule has 8 heteroatoms. The van der Waals surface area contributed by atoms with E-state index in [9.17, 15) is 14.4 Å². The summed E-state index contributed by atoms with van der Waals surface area (Å²) < 4.78 is 3.79. The van der Waals surface area contributed by atoms with Crippen molar-refractivity contribution < 1.29 is 4.79 Å². The van der Waals surface area contributed by atoms with E-state index >= 15 is 0 Å². The predicted molar refractivity (Wildman–Crippen MR) is 112 cm³/mol. The molecular formula is C21H27N5O3. The first-order valence-corrected chi connectivity index (χ1v) is 9.73. The predicted octanol–water partition coefficient (Wildman–Crippen LogP) is 1.51. The topological polar surface area (TPSA) is 90.9 Å². The fourth-order valence-electron chi connectivity index (χ4n) is 3.49. The van der Waals surface area contributed by atoms with Gasteiger partial charge in [0.25, 0.3) is 5.56 Å². The van der Waals surface area contributed by atoms with Crippen LogP contribution in [0.25, 0.3) is 11.2 Å². The van der Waals surface area contributed by atoms with Gasteiger partial charge in [0.2, 0.25) is 5.91 Å². The Labute approximate surface area is 168 Å². The first-order chi connectivity index (χ1) is 13.7. The van der Waals surface area contributed by atoms with Crippen molar-refractivity contribution in [1.29, 1.82) is 0 Å². The Morgan fingerprint density at radius 1 is 1.14 bits per heavy atom. The summed E-state index contributed by atoms with van der Waals surface area (Å²) in [5.41, 5.74) is 1.72. The number of nitrogens with one attached hydrogen (secondary N) is 1. The van der Waals surface area contributed by atoms with Gasteiger partial charge in [-0.1, -0.05) is 45.0 Å². The van der Waals surface area contributed by atoms with Crippen molar-refractivity contribution in [2.24, 2.45) is 20.0 Å². The van der Waals surface area contributed by atoms with Crippen LogP contribution in [0.1, 0.15) is 37.9 Å². The molecule has 0 aliphatic carbocycles. The first kappa shape index (κ1) is 20.6. The first-order valence-electron chi connectivity index (χ1n) is 9.73. The molecule has 0 aliphatic rings. The number of hydrogen-bond acceptors (Lipinski definition) is 4. The van der Waals surface area contributed by atoms with E-state index in [2.05, 4.69) is 17.2 Å². The van der Waals surface area contributed by atoms with Gasteiger partial charge in [-0.25, -0.2) is 14.3 Å². The van der Waals surface area contributed by atoms with Gasteiger partial charge < -0.3 is 9.88 Å². The SMILES string of the molecule is CCc1ccc([C@@H](NC(=O)Cn2c(=O)c3c(ncn3C)n(C)c2=O)C(C)C)cc1. The number of rotatable bonds is 6. The number of carbonyl (C=O) groups is 1. The molecule has 1 N–H and O–H groups in total. The van der Waals surface area contributed by atoms with E-state index < -0.39 is 11.2 Å². The average molecular weight is 397 g/mol. The van der Waals surface area contributed by atoms with E-state index in [1.165, 1.54) is 23.5 Å². The molecule has 1 aromatic carbocycles. The third-order valence-electron chi connectivity index (χ3n) is 5.23. The Bertz CT molecular complexity index is 1150. The molecule has 0 saturated carbocycles. The summed E-state index contributed by atoms with van der Waals surface area (Å²) in [6.07, 6.45) is 2.42. The molecule has 0 fully saturated rings. The van der Waals surface area contributed by atoms with E-state index in [0.29, 0.717) is 5.65 Å². The van der Waals surface area contributed by atoms with Crippen LogP contribution in [0.2, 0.25) is 0 Å². The third kappa shape index (κ3) is 3.87. The van der Waals surface area contributed by atoms with Gasteiger partial charge in [-0.05, 0) is 23.5 Å². The Balaban J connectivity index is 1.90. The van der Waals surface area contributed by atoms with Crippen LogP contribution in [0.5, 0.6) is 0 Å². The minimum absolute atomic E-state index is 0.144. The van der Waals surface area contributed by atoms with Crippen molar-refractivity contribution in [3.05, 3.63) is 62.6 Å². The number of carbonyl (C=O) groups excluding carboxylic acids is 1. The van der Waals surface area contributed by atoms with E-state index in [1.54, 1.807) is 11.6 Å². The maximum Gasteiger partial charge on any atom is 0.332 e. The minimum atomic E-state index is -0.565. The lowest BCUT2D eigenvalue weighted by molar-refractivity contribution is -0.122. The summed E-state index contributed by atoms with van der Waals surface area (Å²) in [5.74, 6) is -0.241. The summed E-state index contributed by atoms with van der Waals surface area (Å²) in [4.78, 5) is 42.2. The van der Waals surface area contributed by atoms with Gasteiger partial charge in [0, 0.05) is 14.1 Å². The Hall–Kier alpha value is -3.16. The summed E-state index contributed by atoms with van der Waals surface area (Å²) >= 11 is 0. The number of aromatic nitrogens is 4. The largest absolute Gasteiger partial charge is 0.347 e. The fourth-order valence-corrected chi connectivity index (χ4v) is 3.49. The molecule has 0 spiro atoms. The molecule has 0 saturated heterocycles. The minimum Gasteiger partial charge on any atom is -0.347 e. The van der Waals surface area contributed by atoms with Crippen LogP contribution in [0.3, 0.4) is 0 Å². The molecule has 0 bridgehead atoms. The standard InChI is InChI=1S/C21H27N5O3/c1-6-14-7-9-15(10-8-14)17(13(2)3)23-16(27)11-26-20(28)18-19(22-12-24(18)4)25(5)21(26)29/h7-10,12-13,17H,6,11H2,1-5H3,(H,23,27)/t17-/m0/s1. The zero-order valence-electron chi connectivity index (χ0n) is 17.5. The molecule has 0 aliphatic heterocycles. The number of nitrogens with zero attached hydrogens (tertiary/aromatic N) is 4. The lowest BCUT2D eigenvalue weighted by Gasteiger charge is -2.23. The summed E-state index contributed by atoms with van der Waals surface area (Å²) in [6, 6.07) is 7.90. The second-order valence-corrected chi connectivity index (χ2v) is 7.64. The Morgan fingerprint density at radius 3 is 2.38 bits per heavy atom. The van der Waals surface area contributed by atoms with Crippen molar-refractivity contribution in [1.82, 2.24) is 24.0 Å². The number of fused-ring (bicyclic) bond motifs is 1. The fraction of sp³-hybridized carbons (Fsp3) is 0.429. The van der Waals surface area contributed by atoms with Crippen LogP contribution in [-0.4, -0.2) is 24.6 Å². The van der Waals surface area contributed by atoms with E-state index in [1.807, 2.05) is 38.1 Å². The van der Waals surface area contributed by atoms with Crippen molar-refractivity contribution in [2.45, 2.75) is 39.8 Å². The monoisotopic (exact) mass is 397 g/mol. The quantitative estimate of drug-likeness (QED) is 0.683. The molecule has 3 aromatic rings. The highest BCUT2D eigenvalue weighted by Gasteiger charge is 2.21. The summed E-state index contributed by atoms with van der Waals surface area (Å²) in [6.45, 7) is 5.79. The molecule has 2 heterocycles. The average Bonchev–Trinajstić information content (AvgIpc) is 3.09. The van der Waals surface area contributed by atoms with Gasteiger partial charge in [-0.15, -0.1) is 0 Å². The molecule has 2 aromatic heterocycles. The van der Waals surface area contributed by atoms with Crippen LogP contribution in [0.4, 0.5) is 0 Å². The Kier molecular flexibility index (Phi) is 5.72. The van der Waals surface area contributed by atoms with Crippen LogP contribution in [-0.2, 0) is 31.9 Å². The van der Waals surface area contributed by atoms with Gasteiger partial charge in [0.1, 0.15) is 6.54 Å². The molecular weight excluding hydrogens is 370 g/mol. The highest BCUT2D eigenvalue weighted by atomic mass is 16.2. The summed E-state index contributed by atoms with van der Waals surface area (Å²) in [7, 11) is 3.22. The number of imidazole rings is 1. The second kappa shape index (κ2) is 8.06. The maximum absolute atomic E-state index is 12.8. The highest BCUT2D eigenvalue weighted by molar-refractivity contribution is 5.77. The highest BCUT2D eigenvalue weighted by Crippen LogP contribution is 2.22. The zero-order chi connectivity index (χ0) is 21.3. The number of hydrogen-bond donors (Lipinski definition) is 1. The van der Waals surface area contributed by atoms with E-state index in [0.717, 1.165) is 16.6 Å². The molecule has 1 amide bonds. The van der Waals surface area contributed by atoms with Crippen LogP contribution in [0.15, 0.2) is 40.2 Å². The normalized spacial score (nSPS) is 12.5. The molecule has 3 rings (SSSR count). The molecule has 8 nitrogen and oxygen atoms in total. The van der Waals surface area contributed by atoms with Gasteiger partial charge in [0.15, 0.2) is 11.2 Å². The van der Waals surface area contributed by atoms with Crippen LogP contribution >= 0.6 is 0 Å². The van der Waals surface area contributed by atoms with Crippen molar-refractivity contribution in [3.63, 3.8) is 0 Å². The van der Waals surface area contributed by atoms with Gasteiger partial charge >= 0.3 is 5.69 Å². The van der Waals surface area contributed by atoms with Crippen LogP contribution < -0.4 is 16.6 Å². The molecule has 154 valence electrons. The summed E-state index contributed by atoms with van der Waals surface area (Å²) in [5, 5.41) is 2.98. The lowest BCUT2D eigenvalue weighted by atomic mass is 9.95. The van der Waals surface area contributed by atoms with Crippen molar-refractivity contribution in [2.75, 3.05) is 0 Å². The van der Waals surface area contributed by atoms with Crippen molar-refractivity contribution in [3.8, 4) is 0 Å². The molecule has 1 atom stereocenters. The van der Waals surface area contributed by atoms with E-state index in [-0.39, 0.29) is 29.9 Å². The number of benzene rings is 1. The second-order valence-electron chi connectivity index (χ2n) is 7.64. The Morgan fingerprint density at radius 2 is 1.79 bits per heavy atom. The van der Waals surface area contributed by atoms with Gasteiger partial charge in [0.05, 0.1) is 12.4 Å². The molecule has 0 radical (unpaired) electrons. The van der Waals surface area contributed by atoms with Gasteiger partial charge in [-0.2, -0.15) is 0 Å². The van der Waals surface area contributed by atoms with E-state index in [4.69, 9.17) is 0 Å². The van der Waals surface area contributed by atoms with Crippen molar-refractivity contribution >= 4 is 17.1 Å². The number of amides is 1.